The maximum Gasteiger partial charge on any atom is 0.409 e. The lowest BCUT2D eigenvalue weighted by atomic mass is 10.1. The van der Waals surface area contributed by atoms with Crippen molar-refractivity contribution in [1.82, 2.24) is 4.98 Å². The Morgan fingerprint density at radius 1 is 1.17 bits per heavy atom. The van der Waals surface area contributed by atoms with Gasteiger partial charge in [0.05, 0.1) is 23.7 Å². The molecule has 1 amide bonds. The zero-order valence-corrected chi connectivity index (χ0v) is 9.50. The molecule has 1 aromatic carbocycles. The van der Waals surface area contributed by atoms with Gasteiger partial charge in [0.15, 0.2) is 0 Å². The average Bonchev–Trinajstić information content (AvgIpc) is 2.39. The molecule has 0 fully saturated rings. The molecule has 0 spiro atoms. The zero-order valence-electron chi connectivity index (χ0n) is 9.50. The number of aliphatic hydroxyl groups excluding tert-OH is 1. The summed E-state index contributed by atoms with van der Waals surface area (Å²) in [5.41, 5.74) is 2.20. The van der Waals surface area contributed by atoms with E-state index in [2.05, 4.69) is 10.3 Å². The highest BCUT2D eigenvalue weighted by Gasteiger charge is 2.08. The topological polar surface area (TPSA) is 82.5 Å². The maximum atomic E-state index is 10.6. The van der Waals surface area contributed by atoms with Gasteiger partial charge >= 0.3 is 6.09 Å². The number of aliphatic hydroxyl groups is 1. The van der Waals surface area contributed by atoms with Crippen LogP contribution >= 0.6 is 0 Å². The van der Waals surface area contributed by atoms with Crippen LogP contribution in [0.1, 0.15) is 5.69 Å². The van der Waals surface area contributed by atoms with Gasteiger partial charge in [-0.25, -0.2) is 9.78 Å². The molecule has 0 atom stereocenters. The van der Waals surface area contributed by atoms with Gasteiger partial charge in [0.25, 0.3) is 0 Å². The maximum absolute atomic E-state index is 10.6. The van der Waals surface area contributed by atoms with E-state index in [9.17, 15) is 9.90 Å². The van der Waals surface area contributed by atoms with E-state index in [1.54, 1.807) is 12.1 Å². The number of nitrogens with one attached hydrogen (secondary N) is 1. The summed E-state index contributed by atoms with van der Waals surface area (Å²) in [5.74, 6) is 0. The molecule has 0 aliphatic heterocycles. The molecule has 0 aliphatic rings. The summed E-state index contributed by atoms with van der Waals surface area (Å²) in [6.07, 6.45) is -1.18. The molecule has 0 aliphatic carbocycles. The monoisotopic (exact) mass is 244 g/mol. The summed E-state index contributed by atoms with van der Waals surface area (Å²) in [6, 6.07) is 12.8. The molecule has 92 valence electrons. The fourth-order valence-corrected chi connectivity index (χ4v) is 1.62. The van der Waals surface area contributed by atoms with Gasteiger partial charge in [-0.05, 0) is 12.1 Å². The van der Waals surface area contributed by atoms with Gasteiger partial charge in [-0.1, -0.05) is 30.3 Å². The quantitative estimate of drug-likeness (QED) is 0.773. The molecule has 0 radical (unpaired) electrons. The SMILES string of the molecule is O=C(O)Nc1ccc(-c2ccccc2)nc1CO. The predicted molar refractivity (Wildman–Crippen MR) is 67.2 cm³/mol. The number of carboxylic acid groups (broad SMARTS) is 1. The molecule has 5 nitrogen and oxygen atoms in total. The Kier molecular flexibility index (Phi) is 3.54. The largest absolute Gasteiger partial charge is 0.465 e. The number of hydrogen-bond donors (Lipinski definition) is 3. The molecule has 0 unspecified atom stereocenters. The zero-order chi connectivity index (χ0) is 13.0. The van der Waals surface area contributed by atoms with E-state index in [0.717, 1.165) is 5.56 Å². The second-order valence-corrected chi connectivity index (χ2v) is 3.65. The number of anilines is 1. The Morgan fingerprint density at radius 3 is 2.50 bits per heavy atom. The second-order valence-electron chi connectivity index (χ2n) is 3.65. The van der Waals surface area contributed by atoms with Gasteiger partial charge in [-0.3, -0.25) is 5.32 Å². The number of benzene rings is 1. The molecular formula is C13H12N2O3. The fourth-order valence-electron chi connectivity index (χ4n) is 1.62. The first-order valence-corrected chi connectivity index (χ1v) is 5.37. The van der Waals surface area contributed by atoms with Crippen molar-refractivity contribution >= 4 is 11.8 Å². The van der Waals surface area contributed by atoms with Crippen LogP contribution in [0, 0.1) is 0 Å². The van der Waals surface area contributed by atoms with E-state index in [1.807, 2.05) is 30.3 Å². The van der Waals surface area contributed by atoms with Crippen molar-refractivity contribution in [2.24, 2.45) is 0 Å². The normalized spacial score (nSPS) is 10.1. The van der Waals surface area contributed by atoms with Crippen LogP contribution in [0.5, 0.6) is 0 Å². The van der Waals surface area contributed by atoms with E-state index in [-0.39, 0.29) is 6.61 Å². The first-order valence-electron chi connectivity index (χ1n) is 5.37. The fraction of sp³-hybridized carbons (Fsp3) is 0.0769. The van der Waals surface area contributed by atoms with E-state index in [1.165, 1.54) is 0 Å². The molecule has 2 aromatic rings. The molecule has 0 saturated heterocycles. The Labute approximate surface area is 104 Å². The Morgan fingerprint density at radius 2 is 1.89 bits per heavy atom. The van der Waals surface area contributed by atoms with Crippen LogP contribution < -0.4 is 5.32 Å². The van der Waals surface area contributed by atoms with Gasteiger partial charge in [-0.15, -0.1) is 0 Å². The lowest BCUT2D eigenvalue weighted by Gasteiger charge is -2.08. The number of aromatic nitrogens is 1. The molecule has 1 heterocycles. The Hall–Kier alpha value is -2.40. The van der Waals surface area contributed by atoms with Crippen molar-refractivity contribution in [2.45, 2.75) is 6.61 Å². The number of nitrogens with zero attached hydrogens (tertiary/aromatic N) is 1. The minimum absolute atomic E-state index is 0.296. The summed E-state index contributed by atoms with van der Waals surface area (Å²) in [5, 5.41) is 20.1. The van der Waals surface area contributed by atoms with Crippen LogP contribution in [-0.2, 0) is 6.61 Å². The molecule has 18 heavy (non-hydrogen) atoms. The molecule has 0 bridgehead atoms. The van der Waals surface area contributed by atoms with Crippen molar-refractivity contribution in [2.75, 3.05) is 5.32 Å². The van der Waals surface area contributed by atoms with E-state index in [4.69, 9.17) is 5.11 Å². The first-order chi connectivity index (χ1) is 8.70. The summed E-state index contributed by atoms with van der Waals surface area (Å²) in [4.78, 5) is 14.8. The summed E-state index contributed by atoms with van der Waals surface area (Å²) < 4.78 is 0. The first kappa shape index (κ1) is 12.1. The highest BCUT2D eigenvalue weighted by Crippen LogP contribution is 2.21. The van der Waals surface area contributed by atoms with Crippen molar-refractivity contribution in [3.8, 4) is 11.3 Å². The molecule has 2 rings (SSSR count). The van der Waals surface area contributed by atoms with E-state index < -0.39 is 6.09 Å². The van der Waals surface area contributed by atoms with Gasteiger partial charge in [0.2, 0.25) is 0 Å². The molecule has 3 N–H and O–H groups in total. The van der Waals surface area contributed by atoms with Gasteiger partial charge in [0.1, 0.15) is 0 Å². The predicted octanol–water partition coefficient (Wildman–Crippen LogP) is 2.33. The minimum Gasteiger partial charge on any atom is -0.465 e. The lowest BCUT2D eigenvalue weighted by molar-refractivity contribution is 0.209. The Balaban J connectivity index is 2.39. The minimum atomic E-state index is -1.18. The van der Waals surface area contributed by atoms with Crippen LogP contribution in [0.3, 0.4) is 0 Å². The highest BCUT2D eigenvalue weighted by atomic mass is 16.4. The van der Waals surface area contributed by atoms with Gasteiger partial charge in [0, 0.05) is 5.56 Å². The third-order valence-electron chi connectivity index (χ3n) is 2.44. The second kappa shape index (κ2) is 5.29. The molecule has 1 aromatic heterocycles. The number of amides is 1. The average molecular weight is 244 g/mol. The Bertz CT molecular complexity index is 555. The van der Waals surface area contributed by atoms with Crippen LogP contribution in [0.2, 0.25) is 0 Å². The van der Waals surface area contributed by atoms with Gasteiger partial charge in [-0.2, -0.15) is 0 Å². The standard InChI is InChI=1S/C13H12N2O3/c16-8-12-11(15-13(17)18)7-6-10(14-12)9-4-2-1-3-5-9/h1-7,15-16H,8H2,(H,17,18). The van der Waals surface area contributed by atoms with Crippen LogP contribution in [-0.4, -0.2) is 21.3 Å². The number of carbonyl (C=O) groups is 1. The lowest BCUT2D eigenvalue weighted by Crippen LogP contribution is -2.10. The third-order valence-corrected chi connectivity index (χ3v) is 2.44. The van der Waals surface area contributed by atoms with Crippen LogP contribution in [0.25, 0.3) is 11.3 Å². The van der Waals surface area contributed by atoms with Crippen LogP contribution in [0.4, 0.5) is 10.5 Å². The highest BCUT2D eigenvalue weighted by molar-refractivity contribution is 5.84. The molecule has 5 heteroatoms. The van der Waals surface area contributed by atoms with Crippen molar-refractivity contribution in [3.63, 3.8) is 0 Å². The number of rotatable bonds is 3. The molecule has 0 saturated carbocycles. The number of hydrogen-bond acceptors (Lipinski definition) is 3. The van der Waals surface area contributed by atoms with Crippen molar-refractivity contribution in [1.29, 1.82) is 0 Å². The summed E-state index contributed by atoms with van der Waals surface area (Å²) in [6.45, 7) is -0.323. The van der Waals surface area contributed by atoms with E-state index in [0.29, 0.717) is 17.1 Å². The number of pyridine rings is 1. The van der Waals surface area contributed by atoms with Crippen molar-refractivity contribution < 1.29 is 15.0 Å². The van der Waals surface area contributed by atoms with E-state index >= 15 is 0 Å². The summed E-state index contributed by atoms with van der Waals surface area (Å²) in [7, 11) is 0. The van der Waals surface area contributed by atoms with Gasteiger partial charge < -0.3 is 10.2 Å². The molecular weight excluding hydrogens is 232 g/mol. The summed E-state index contributed by atoms with van der Waals surface area (Å²) >= 11 is 0. The third kappa shape index (κ3) is 2.64. The van der Waals surface area contributed by atoms with Crippen LogP contribution in [0.15, 0.2) is 42.5 Å². The van der Waals surface area contributed by atoms with Crippen molar-refractivity contribution in [3.05, 3.63) is 48.2 Å². The smallest absolute Gasteiger partial charge is 0.409 e.